The molecule has 12 nitrogen and oxygen atoms in total. The van der Waals surface area contributed by atoms with E-state index in [1.807, 2.05) is 4.57 Å². The predicted octanol–water partition coefficient (Wildman–Crippen LogP) is 3.49. The smallest absolute Gasteiger partial charge is 0.459 e. The minimum absolute atomic E-state index is 0.104. The van der Waals surface area contributed by atoms with Crippen molar-refractivity contribution in [3.63, 3.8) is 0 Å². The number of aromatic nitrogens is 4. The van der Waals surface area contributed by atoms with Crippen LogP contribution in [-0.2, 0) is 18.6 Å². The van der Waals surface area contributed by atoms with Gasteiger partial charge in [-0.3, -0.25) is 9.32 Å². The Bertz CT molecular complexity index is 1250. The lowest BCUT2D eigenvalue weighted by Crippen LogP contribution is -2.36. The van der Waals surface area contributed by atoms with Crippen molar-refractivity contribution in [1.82, 2.24) is 24.6 Å². The lowest BCUT2D eigenvalue weighted by Gasteiger charge is -2.36. The molecule has 0 saturated heterocycles. The van der Waals surface area contributed by atoms with Crippen molar-refractivity contribution in [2.75, 3.05) is 26.6 Å². The number of benzene rings is 1. The van der Waals surface area contributed by atoms with Gasteiger partial charge in [-0.05, 0) is 49.9 Å². The van der Waals surface area contributed by atoms with Gasteiger partial charge in [0, 0.05) is 10.5 Å². The normalized spacial score (nSPS) is 20.0. The van der Waals surface area contributed by atoms with Crippen LogP contribution in [0.5, 0.6) is 11.6 Å². The molecular weight excluding hydrogens is 543 g/mol. The van der Waals surface area contributed by atoms with E-state index >= 15 is 0 Å². The topological polar surface area (TPSA) is 153 Å². The van der Waals surface area contributed by atoms with Crippen molar-refractivity contribution < 1.29 is 27.9 Å². The molecule has 1 aromatic carbocycles. The third-order valence-electron chi connectivity index (χ3n) is 5.63. The van der Waals surface area contributed by atoms with Gasteiger partial charge in [-0.25, -0.2) is 9.55 Å². The standard InChI is InChI=1S/C21H26BrN6O6P/c1-12(20(29)32-3)27-35(30,34-16-6-4-14(22)5-7-16)33-10-13-8-15(9-13)28-11-24-17-18(28)25-21(23)26-19(17)31-2/h4-7,11-13,15H,8-10H2,1-3H3,(H,27,30)(H2,23,25,26)/t12-,13-,15+,35?/m1/s1. The van der Waals surface area contributed by atoms with Gasteiger partial charge in [0.2, 0.25) is 11.8 Å². The number of halogens is 1. The molecule has 1 unspecified atom stereocenters. The molecule has 14 heteroatoms. The first-order chi connectivity index (χ1) is 16.7. The molecular formula is C21H26BrN6O6P. The summed E-state index contributed by atoms with van der Waals surface area (Å²) in [5.74, 6) is 0.286. The number of ether oxygens (including phenoxy) is 2. The fourth-order valence-corrected chi connectivity index (χ4v) is 5.60. The van der Waals surface area contributed by atoms with Crippen molar-refractivity contribution in [2.24, 2.45) is 5.92 Å². The molecule has 35 heavy (non-hydrogen) atoms. The highest BCUT2D eigenvalue weighted by molar-refractivity contribution is 9.10. The number of carbonyl (C=O) groups excluding carboxylic acids is 1. The van der Waals surface area contributed by atoms with Crippen LogP contribution in [0.1, 0.15) is 25.8 Å². The molecule has 1 aliphatic carbocycles. The Hall–Kier alpha value is -2.73. The van der Waals surface area contributed by atoms with Crippen LogP contribution in [0.2, 0.25) is 0 Å². The fraction of sp³-hybridized carbons (Fsp3) is 0.429. The van der Waals surface area contributed by atoms with Gasteiger partial charge < -0.3 is 24.3 Å². The van der Waals surface area contributed by atoms with Crippen LogP contribution in [0.3, 0.4) is 0 Å². The largest absolute Gasteiger partial charge is 0.479 e. The lowest BCUT2D eigenvalue weighted by molar-refractivity contribution is -0.142. The maximum absolute atomic E-state index is 13.5. The number of methoxy groups -OCH3 is 2. The number of nitrogen functional groups attached to an aromatic ring is 1. The van der Waals surface area contributed by atoms with Gasteiger partial charge in [-0.2, -0.15) is 15.1 Å². The van der Waals surface area contributed by atoms with E-state index in [-0.39, 0.29) is 24.5 Å². The number of fused-ring (bicyclic) bond motifs is 1. The Morgan fingerprint density at radius 2 is 2.00 bits per heavy atom. The Balaban J connectivity index is 1.42. The van der Waals surface area contributed by atoms with Crippen molar-refractivity contribution in [3.05, 3.63) is 35.1 Å². The Morgan fingerprint density at radius 3 is 2.66 bits per heavy atom. The number of esters is 1. The Labute approximate surface area is 210 Å². The third kappa shape index (κ3) is 5.75. The minimum Gasteiger partial charge on any atom is -0.479 e. The maximum Gasteiger partial charge on any atom is 0.459 e. The molecule has 4 rings (SSSR count). The molecule has 1 aliphatic rings. The van der Waals surface area contributed by atoms with Crippen molar-refractivity contribution in [1.29, 1.82) is 0 Å². The van der Waals surface area contributed by atoms with Gasteiger partial charge in [0.1, 0.15) is 11.8 Å². The molecule has 0 bridgehead atoms. The zero-order valence-corrected chi connectivity index (χ0v) is 21.9. The summed E-state index contributed by atoms with van der Waals surface area (Å²) in [6.07, 6.45) is 3.16. The van der Waals surface area contributed by atoms with Crippen LogP contribution in [0.4, 0.5) is 5.95 Å². The summed E-state index contributed by atoms with van der Waals surface area (Å²) in [5, 5.41) is 2.66. The molecule has 2 heterocycles. The maximum atomic E-state index is 13.5. The average Bonchev–Trinajstić information content (AvgIpc) is 3.21. The van der Waals surface area contributed by atoms with Gasteiger partial charge in [-0.15, -0.1) is 0 Å². The molecule has 1 fully saturated rings. The average molecular weight is 569 g/mol. The van der Waals surface area contributed by atoms with Crippen LogP contribution in [0.25, 0.3) is 11.2 Å². The highest BCUT2D eigenvalue weighted by Crippen LogP contribution is 2.48. The van der Waals surface area contributed by atoms with Gasteiger partial charge >= 0.3 is 13.7 Å². The van der Waals surface area contributed by atoms with E-state index < -0.39 is 19.8 Å². The SMILES string of the molecule is COC(=O)[C@@H](C)NP(=O)(OC[C@H]1C[C@@H](n2cnc3c(OC)nc(N)nc32)C1)Oc1ccc(Br)cc1. The molecule has 3 N–H and O–H groups in total. The molecule has 1 saturated carbocycles. The fourth-order valence-electron chi connectivity index (χ4n) is 3.77. The summed E-state index contributed by atoms with van der Waals surface area (Å²) in [6.45, 7) is 1.69. The summed E-state index contributed by atoms with van der Waals surface area (Å²) in [6, 6.07) is 6.02. The quantitative estimate of drug-likeness (QED) is 0.273. The molecule has 3 aromatic rings. The third-order valence-corrected chi connectivity index (χ3v) is 7.80. The first kappa shape index (κ1) is 25.4. The molecule has 0 radical (unpaired) electrons. The molecule has 0 spiro atoms. The molecule has 2 aromatic heterocycles. The van der Waals surface area contributed by atoms with Crippen molar-refractivity contribution in [2.45, 2.75) is 31.8 Å². The number of hydrogen-bond donors (Lipinski definition) is 2. The summed E-state index contributed by atoms with van der Waals surface area (Å²) in [5.41, 5.74) is 6.93. The zero-order valence-electron chi connectivity index (χ0n) is 19.4. The van der Waals surface area contributed by atoms with E-state index in [0.29, 0.717) is 22.8 Å². The Kier molecular flexibility index (Phi) is 7.60. The first-order valence-electron chi connectivity index (χ1n) is 10.8. The number of hydrogen-bond acceptors (Lipinski definition) is 10. The first-order valence-corrected chi connectivity index (χ1v) is 13.1. The van der Waals surface area contributed by atoms with Crippen molar-refractivity contribution >= 4 is 46.8 Å². The number of nitrogens with two attached hydrogens (primary N) is 1. The second kappa shape index (κ2) is 10.5. The Morgan fingerprint density at radius 1 is 1.29 bits per heavy atom. The number of imidazole rings is 1. The van der Waals surface area contributed by atoms with Crippen LogP contribution < -0.4 is 20.1 Å². The number of carbonyl (C=O) groups is 1. The van der Waals surface area contributed by atoms with E-state index in [1.54, 1.807) is 30.6 Å². The van der Waals surface area contributed by atoms with E-state index in [9.17, 15) is 9.36 Å². The zero-order chi connectivity index (χ0) is 25.2. The summed E-state index contributed by atoms with van der Waals surface area (Å²) in [4.78, 5) is 24.6. The number of rotatable bonds is 10. The molecule has 2 atom stereocenters. The van der Waals surface area contributed by atoms with E-state index in [4.69, 9.17) is 24.3 Å². The summed E-state index contributed by atoms with van der Waals surface area (Å²) < 4.78 is 37.7. The number of anilines is 1. The van der Waals surface area contributed by atoms with Crippen LogP contribution >= 0.6 is 23.7 Å². The van der Waals surface area contributed by atoms with Crippen LogP contribution in [0.15, 0.2) is 35.1 Å². The number of nitrogens with zero attached hydrogens (tertiary/aromatic N) is 4. The second-order valence-electron chi connectivity index (χ2n) is 8.12. The van der Waals surface area contributed by atoms with Gasteiger partial charge in [0.25, 0.3) is 0 Å². The van der Waals surface area contributed by atoms with Gasteiger partial charge in [0.05, 0.1) is 27.2 Å². The number of nitrogens with one attached hydrogen (secondary N) is 1. The van der Waals surface area contributed by atoms with E-state index in [0.717, 1.165) is 17.3 Å². The summed E-state index contributed by atoms with van der Waals surface area (Å²) in [7, 11) is -1.13. The molecule has 0 aliphatic heterocycles. The van der Waals surface area contributed by atoms with Crippen molar-refractivity contribution in [3.8, 4) is 11.6 Å². The second-order valence-corrected chi connectivity index (χ2v) is 10.7. The van der Waals surface area contributed by atoms with E-state index in [2.05, 4.69) is 36.0 Å². The monoisotopic (exact) mass is 568 g/mol. The molecule has 0 amide bonds. The van der Waals surface area contributed by atoms with Crippen LogP contribution in [0, 0.1) is 5.92 Å². The van der Waals surface area contributed by atoms with E-state index in [1.165, 1.54) is 21.1 Å². The van der Waals surface area contributed by atoms with Gasteiger partial charge in [-0.1, -0.05) is 15.9 Å². The molecule has 188 valence electrons. The predicted molar refractivity (Wildman–Crippen MR) is 131 cm³/mol. The highest BCUT2D eigenvalue weighted by Gasteiger charge is 2.37. The van der Waals surface area contributed by atoms with Gasteiger partial charge in [0.15, 0.2) is 11.2 Å². The lowest BCUT2D eigenvalue weighted by atomic mass is 9.81. The minimum atomic E-state index is -3.89. The highest BCUT2D eigenvalue weighted by atomic mass is 79.9. The van der Waals surface area contributed by atoms with Crippen LogP contribution in [-0.4, -0.2) is 52.4 Å². The summed E-state index contributed by atoms with van der Waals surface area (Å²) >= 11 is 3.35.